The van der Waals surface area contributed by atoms with Crippen LogP contribution in [-0.4, -0.2) is 50.3 Å². The van der Waals surface area contributed by atoms with Crippen LogP contribution in [0.1, 0.15) is 12.8 Å². The Kier molecular flexibility index (Phi) is 6.15. The summed E-state index contributed by atoms with van der Waals surface area (Å²) in [6, 6.07) is 10.1. The van der Waals surface area contributed by atoms with Gasteiger partial charge in [-0.05, 0) is 43.0 Å². The highest BCUT2D eigenvalue weighted by Crippen LogP contribution is 2.23. The number of hydrazine groups is 1. The van der Waals surface area contributed by atoms with Crippen molar-refractivity contribution in [2.45, 2.75) is 17.7 Å². The fraction of sp³-hybridized carbons (Fsp3) is 0.368. The fourth-order valence-electron chi connectivity index (χ4n) is 3.12. The Hall–Kier alpha value is -2.65. The molecule has 1 aromatic heterocycles. The van der Waals surface area contributed by atoms with Crippen LogP contribution in [0.2, 0.25) is 0 Å². The first-order chi connectivity index (χ1) is 13.4. The van der Waals surface area contributed by atoms with Gasteiger partial charge >= 0.3 is 6.03 Å². The number of benzene rings is 1. The summed E-state index contributed by atoms with van der Waals surface area (Å²) in [5.41, 5.74) is 3.74. The highest BCUT2D eigenvalue weighted by molar-refractivity contribution is 7.90. The Labute approximate surface area is 164 Å². The minimum absolute atomic E-state index is 0.247. The summed E-state index contributed by atoms with van der Waals surface area (Å²) >= 11 is 0. The average Bonchev–Trinajstić information content (AvgIpc) is 2.72. The first-order valence-corrected chi connectivity index (χ1v) is 10.9. The van der Waals surface area contributed by atoms with Gasteiger partial charge in [0.2, 0.25) is 0 Å². The molecule has 9 heteroatoms. The maximum absolute atomic E-state index is 11.5. The van der Waals surface area contributed by atoms with E-state index in [0.717, 1.165) is 24.1 Å². The van der Waals surface area contributed by atoms with E-state index < -0.39 is 9.84 Å². The van der Waals surface area contributed by atoms with Gasteiger partial charge in [-0.2, -0.15) is 0 Å². The molecule has 2 heterocycles. The number of rotatable bonds is 5. The molecule has 0 spiro atoms. The summed E-state index contributed by atoms with van der Waals surface area (Å²) in [5, 5.41) is 0. The number of piperidine rings is 1. The molecule has 0 unspecified atom stereocenters. The molecule has 150 valence electrons. The Morgan fingerprint density at radius 1 is 1.21 bits per heavy atom. The number of urea groups is 1. The summed E-state index contributed by atoms with van der Waals surface area (Å²) in [6.45, 7) is 1.90. The van der Waals surface area contributed by atoms with Crippen LogP contribution in [0.25, 0.3) is 11.3 Å². The molecule has 1 aromatic carbocycles. The number of nitrogens with zero attached hydrogens (tertiary/aromatic N) is 2. The van der Waals surface area contributed by atoms with E-state index in [9.17, 15) is 13.2 Å². The van der Waals surface area contributed by atoms with Gasteiger partial charge in [0, 0.05) is 24.9 Å². The van der Waals surface area contributed by atoms with Crippen LogP contribution in [0.3, 0.4) is 0 Å². The van der Waals surface area contributed by atoms with E-state index in [-0.39, 0.29) is 10.9 Å². The largest absolute Gasteiger partial charge is 0.492 e. The van der Waals surface area contributed by atoms with Crippen molar-refractivity contribution in [3.05, 3.63) is 42.6 Å². The molecule has 2 aromatic rings. The quantitative estimate of drug-likeness (QED) is 0.446. The number of hydrogen-bond acceptors (Lipinski definition) is 6. The lowest BCUT2D eigenvalue weighted by atomic mass is 9.98. The molecule has 0 saturated carbocycles. The van der Waals surface area contributed by atoms with Crippen molar-refractivity contribution in [2.75, 3.05) is 26.0 Å². The van der Waals surface area contributed by atoms with Crippen LogP contribution >= 0.6 is 0 Å². The van der Waals surface area contributed by atoms with Gasteiger partial charge in [-0.25, -0.2) is 19.1 Å². The zero-order valence-corrected chi connectivity index (χ0v) is 16.5. The van der Waals surface area contributed by atoms with Crippen LogP contribution in [0, 0.1) is 5.92 Å². The third kappa shape index (κ3) is 4.99. The first kappa shape index (κ1) is 20.1. The molecule has 0 bridgehead atoms. The SMILES string of the molecule is CS(=O)(=O)c1ccc(-c2ccc(OCC3CCN(C(=O)NN)CC3)cn2)cc1. The summed E-state index contributed by atoms with van der Waals surface area (Å²) in [6.07, 6.45) is 4.58. The van der Waals surface area contributed by atoms with Crippen LogP contribution in [0.5, 0.6) is 5.75 Å². The number of nitrogens with two attached hydrogens (primary N) is 1. The predicted octanol–water partition coefficient (Wildman–Crippen LogP) is 1.83. The van der Waals surface area contributed by atoms with E-state index in [1.807, 2.05) is 12.1 Å². The fourth-order valence-corrected chi connectivity index (χ4v) is 3.75. The molecule has 2 amide bonds. The molecule has 1 aliphatic heterocycles. The van der Waals surface area contributed by atoms with Gasteiger partial charge < -0.3 is 9.64 Å². The molecule has 8 nitrogen and oxygen atoms in total. The first-order valence-electron chi connectivity index (χ1n) is 9.01. The lowest BCUT2D eigenvalue weighted by molar-refractivity contribution is 0.145. The number of nitrogens with one attached hydrogen (secondary N) is 1. The molecule has 0 aliphatic carbocycles. The summed E-state index contributed by atoms with van der Waals surface area (Å²) in [4.78, 5) is 17.9. The second kappa shape index (κ2) is 8.57. The van der Waals surface area contributed by atoms with Crippen molar-refractivity contribution in [1.29, 1.82) is 0 Å². The third-order valence-electron chi connectivity index (χ3n) is 4.83. The zero-order valence-electron chi connectivity index (χ0n) is 15.7. The van der Waals surface area contributed by atoms with Crippen LogP contribution in [-0.2, 0) is 9.84 Å². The number of hydrogen-bond donors (Lipinski definition) is 2. The molecule has 1 fully saturated rings. The molecule has 1 aliphatic rings. The number of amides is 2. The molecule has 3 N–H and O–H groups in total. The highest BCUT2D eigenvalue weighted by Gasteiger charge is 2.22. The molecular formula is C19H24N4O4S. The standard InChI is InChI=1S/C19H24N4O4S/c1-28(25,26)17-5-2-15(3-6-17)18-7-4-16(12-21-18)27-13-14-8-10-23(11-9-14)19(24)22-20/h2-7,12,14H,8-11,13,20H2,1H3,(H,22,24). The molecular weight excluding hydrogens is 380 g/mol. The van der Waals surface area contributed by atoms with Crippen molar-refractivity contribution in [3.63, 3.8) is 0 Å². The Morgan fingerprint density at radius 3 is 2.43 bits per heavy atom. The lowest BCUT2D eigenvalue weighted by Crippen LogP contribution is -2.47. The summed E-state index contributed by atoms with van der Waals surface area (Å²) in [7, 11) is -3.21. The molecule has 28 heavy (non-hydrogen) atoms. The second-order valence-electron chi connectivity index (χ2n) is 6.87. The molecule has 0 atom stereocenters. The van der Waals surface area contributed by atoms with Gasteiger partial charge in [-0.1, -0.05) is 12.1 Å². The van der Waals surface area contributed by atoms with Crippen molar-refractivity contribution in [3.8, 4) is 17.0 Å². The van der Waals surface area contributed by atoms with E-state index in [1.54, 1.807) is 35.4 Å². The Morgan fingerprint density at radius 2 is 1.89 bits per heavy atom. The van der Waals surface area contributed by atoms with Gasteiger partial charge in [0.25, 0.3) is 0 Å². The van der Waals surface area contributed by atoms with Crippen LogP contribution in [0.4, 0.5) is 4.79 Å². The number of likely N-dealkylation sites (tertiary alicyclic amines) is 1. The molecule has 1 saturated heterocycles. The Balaban J connectivity index is 1.53. The minimum Gasteiger partial charge on any atom is -0.492 e. The van der Waals surface area contributed by atoms with E-state index >= 15 is 0 Å². The highest BCUT2D eigenvalue weighted by atomic mass is 32.2. The normalized spacial score (nSPS) is 15.3. The van der Waals surface area contributed by atoms with Crippen molar-refractivity contribution in [1.82, 2.24) is 15.3 Å². The Bertz CT molecular complexity index is 906. The maximum Gasteiger partial charge on any atom is 0.331 e. The van der Waals surface area contributed by atoms with Gasteiger partial charge in [-0.15, -0.1) is 0 Å². The van der Waals surface area contributed by atoms with Crippen LogP contribution < -0.4 is 16.0 Å². The monoisotopic (exact) mass is 404 g/mol. The van der Waals surface area contributed by atoms with Gasteiger partial charge in [0.05, 0.1) is 23.4 Å². The van der Waals surface area contributed by atoms with Crippen molar-refractivity contribution < 1.29 is 17.9 Å². The van der Waals surface area contributed by atoms with Gasteiger partial charge in [0.15, 0.2) is 9.84 Å². The molecule has 0 radical (unpaired) electrons. The number of carbonyl (C=O) groups excluding carboxylic acids is 1. The van der Waals surface area contributed by atoms with E-state index in [1.165, 1.54) is 6.26 Å². The van der Waals surface area contributed by atoms with E-state index in [4.69, 9.17) is 10.6 Å². The maximum atomic E-state index is 11.5. The van der Waals surface area contributed by atoms with E-state index in [0.29, 0.717) is 31.4 Å². The molecule has 3 rings (SSSR count). The number of pyridine rings is 1. The number of ether oxygens (including phenoxy) is 1. The minimum atomic E-state index is -3.21. The average molecular weight is 404 g/mol. The van der Waals surface area contributed by atoms with Gasteiger partial charge in [-0.3, -0.25) is 10.4 Å². The predicted molar refractivity (Wildman–Crippen MR) is 105 cm³/mol. The topological polar surface area (TPSA) is 115 Å². The smallest absolute Gasteiger partial charge is 0.331 e. The van der Waals surface area contributed by atoms with Gasteiger partial charge in [0.1, 0.15) is 5.75 Å². The summed E-state index contributed by atoms with van der Waals surface area (Å²) in [5.74, 6) is 6.21. The number of sulfone groups is 1. The van der Waals surface area contributed by atoms with Crippen molar-refractivity contribution in [2.24, 2.45) is 11.8 Å². The zero-order chi connectivity index (χ0) is 20.1. The third-order valence-corrected chi connectivity index (χ3v) is 5.95. The number of carbonyl (C=O) groups is 1. The van der Waals surface area contributed by atoms with Crippen molar-refractivity contribution >= 4 is 15.9 Å². The summed E-state index contributed by atoms with van der Waals surface area (Å²) < 4.78 is 28.9. The lowest BCUT2D eigenvalue weighted by Gasteiger charge is -2.31. The number of aromatic nitrogens is 1. The van der Waals surface area contributed by atoms with E-state index in [2.05, 4.69) is 10.4 Å². The van der Waals surface area contributed by atoms with Crippen LogP contribution in [0.15, 0.2) is 47.5 Å². The second-order valence-corrected chi connectivity index (χ2v) is 8.88.